The normalized spacial score (nSPS) is 12.9. The van der Waals surface area contributed by atoms with Crippen LogP contribution in [0.4, 0.5) is 0 Å². The average Bonchev–Trinajstić information content (AvgIpc) is 0.881. The van der Waals surface area contributed by atoms with Gasteiger partial charge in [0.25, 0.3) is 0 Å². The Bertz CT molecular complexity index is 3320. The fraction of sp³-hybridized carbons (Fsp3) is 0.418. The molecule has 0 heterocycles. The van der Waals surface area contributed by atoms with Gasteiger partial charge >= 0.3 is 53.7 Å². The summed E-state index contributed by atoms with van der Waals surface area (Å²) in [4.78, 5) is 245. The number of hydrogen-bond donors (Lipinski definition) is 20. The Hall–Kier alpha value is -12.2. The Balaban J connectivity index is 0.000000810. The second-order valence-electron chi connectivity index (χ2n) is 23.5. The topological polar surface area (TPSA) is 649 Å². The van der Waals surface area contributed by atoms with Gasteiger partial charge < -0.3 is 93.8 Å². The fourth-order valence-corrected chi connectivity index (χ4v) is 9.99. The lowest BCUT2D eigenvalue weighted by molar-refractivity contribution is -0.145. The zero-order chi connectivity index (χ0) is 81.8. The Kier molecular flexibility index (Phi) is 43.7. The van der Waals surface area contributed by atoms with Crippen molar-refractivity contribution in [3.63, 3.8) is 0 Å². The smallest absolute Gasteiger partial charge is 0.327 e. The number of benzene rings is 3. The molecule has 3 rings (SSSR count). The van der Waals surface area contributed by atoms with Crippen LogP contribution in [0.3, 0.4) is 0 Å². The van der Waals surface area contributed by atoms with E-state index in [0.29, 0.717) is 42.5 Å². The van der Waals surface area contributed by atoms with Crippen LogP contribution in [-0.4, -0.2) is 219 Å². The van der Waals surface area contributed by atoms with Crippen molar-refractivity contribution in [3.05, 3.63) is 106 Å². The number of amides is 9. The van der Waals surface area contributed by atoms with Crippen molar-refractivity contribution in [1.29, 1.82) is 0 Å². The lowest BCUT2D eigenvalue weighted by Gasteiger charge is -2.21. The molecule has 0 saturated heterocycles. The third-order valence-electron chi connectivity index (χ3n) is 15.0. The SMILES string of the molecule is CC[C@@H](NC(=O)[C@@H](CC(=O)O)CC(=O)[C@@H](CC(=O)O)NC(=O)Cc1ccc(CNC=O)cc1)C(=O)O.O=CNCc1ccc(CC(=O)N[C@@H](CC(=O)O)C(=O)C[C@@H](CC(=O)O)C(=O)N[C@@H](CS)C(=O)O)cc1.O=CNCc1ccc(CC(=O)N[C@H](CC(=O)O)C(=O)C[C@H](CC(=O)O)C(=O)N[C@@H](CS)C(=O)O)cc1. The van der Waals surface area contributed by atoms with Crippen molar-refractivity contribution in [2.24, 2.45) is 17.8 Å². The second-order valence-corrected chi connectivity index (χ2v) is 24.2. The van der Waals surface area contributed by atoms with Gasteiger partial charge in [0.15, 0.2) is 17.3 Å². The molecule has 0 aromatic heterocycles. The van der Waals surface area contributed by atoms with Crippen molar-refractivity contribution in [1.82, 2.24) is 47.9 Å². The quantitative estimate of drug-likeness (QED) is 0.0204. The third-order valence-corrected chi connectivity index (χ3v) is 15.7. The van der Waals surface area contributed by atoms with Crippen LogP contribution in [0.15, 0.2) is 72.8 Å². The summed E-state index contributed by atoms with van der Waals surface area (Å²) in [6.07, 6.45) is -6.03. The number of Topliss-reactive ketones (excluding diaryl/α,β-unsaturated/α-hetero) is 3. The highest BCUT2D eigenvalue weighted by atomic mass is 32.1. The number of rotatable bonds is 51. The summed E-state index contributed by atoms with van der Waals surface area (Å²) in [6.45, 7) is 2.36. The van der Waals surface area contributed by atoms with Crippen molar-refractivity contribution in [3.8, 4) is 0 Å². The predicted octanol–water partition coefficient (Wildman–Crippen LogP) is -2.57. The van der Waals surface area contributed by atoms with E-state index in [1.165, 1.54) is 6.92 Å². The summed E-state index contributed by atoms with van der Waals surface area (Å²) in [5.41, 5.74) is 3.95. The Morgan fingerprint density at radius 3 is 0.704 bits per heavy atom. The third kappa shape index (κ3) is 39.1. The molecule has 0 radical (unpaired) electrons. The maximum Gasteiger partial charge on any atom is 0.327 e. The summed E-state index contributed by atoms with van der Waals surface area (Å²) >= 11 is 7.60. The monoisotopic (exact) mass is 1560 g/mol. The number of carbonyl (C=O) groups excluding carboxylic acids is 12. The summed E-state index contributed by atoms with van der Waals surface area (Å²) in [5, 5.41) is 103. The lowest BCUT2D eigenvalue weighted by Crippen LogP contribution is -2.47. The molecule has 39 nitrogen and oxygen atoms in total. The number of carboxylic acid groups (broad SMARTS) is 9. The van der Waals surface area contributed by atoms with Crippen LogP contribution < -0.4 is 47.9 Å². The average molecular weight is 1560 g/mol. The van der Waals surface area contributed by atoms with E-state index in [1.54, 1.807) is 72.8 Å². The molecular weight excluding hydrogens is 1470 g/mol. The molecule has 41 heteroatoms. The summed E-state index contributed by atoms with van der Waals surface area (Å²) in [7, 11) is 0. The van der Waals surface area contributed by atoms with Gasteiger partial charge in [-0.15, -0.1) is 0 Å². The van der Waals surface area contributed by atoms with Gasteiger partial charge in [0.1, 0.15) is 18.1 Å². The highest BCUT2D eigenvalue weighted by Crippen LogP contribution is 2.19. The van der Waals surface area contributed by atoms with Crippen molar-refractivity contribution >= 4 is 151 Å². The van der Waals surface area contributed by atoms with Crippen LogP contribution in [0, 0.1) is 17.8 Å². The van der Waals surface area contributed by atoms with Crippen LogP contribution >= 0.6 is 25.3 Å². The van der Waals surface area contributed by atoms with Crippen LogP contribution in [0.2, 0.25) is 0 Å². The van der Waals surface area contributed by atoms with Gasteiger partial charge in [-0.2, -0.15) is 25.3 Å². The minimum absolute atomic E-state index is 0.0150. The van der Waals surface area contributed by atoms with Gasteiger partial charge in [0.05, 0.1) is 93.7 Å². The first-order valence-electron chi connectivity index (χ1n) is 32.2. The molecule has 3 aromatic carbocycles. The van der Waals surface area contributed by atoms with E-state index in [4.69, 9.17) is 46.0 Å². The Labute approximate surface area is 624 Å². The molecule has 0 spiro atoms. The van der Waals surface area contributed by atoms with E-state index in [0.717, 1.165) is 16.7 Å². The van der Waals surface area contributed by atoms with Crippen LogP contribution in [-0.2, 0) is 140 Å². The molecule has 0 aliphatic carbocycles. The molecule has 108 heavy (non-hydrogen) atoms. The van der Waals surface area contributed by atoms with Crippen molar-refractivity contribution in [2.75, 3.05) is 11.5 Å². The predicted molar refractivity (Wildman–Crippen MR) is 374 cm³/mol. The Morgan fingerprint density at radius 1 is 0.306 bits per heavy atom. The van der Waals surface area contributed by atoms with Gasteiger partial charge in [0, 0.05) is 50.4 Å². The highest BCUT2D eigenvalue weighted by Gasteiger charge is 2.36. The number of carbonyl (C=O) groups is 21. The summed E-state index contributed by atoms with van der Waals surface area (Å²) < 4.78 is 0. The van der Waals surface area contributed by atoms with E-state index in [2.05, 4.69) is 73.1 Å². The van der Waals surface area contributed by atoms with E-state index in [9.17, 15) is 101 Å². The van der Waals surface area contributed by atoms with Crippen LogP contribution in [0.1, 0.15) is 105 Å². The number of nitrogens with one attached hydrogen (secondary N) is 9. The minimum Gasteiger partial charge on any atom is -0.481 e. The zero-order valence-electron chi connectivity index (χ0n) is 57.6. The number of ketones is 3. The summed E-state index contributed by atoms with van der Waals surface area (Å²) in [6, 6.07) is 11.0. The molecule has 0 bridgehead atoms. The molecule has 9 atom stereocenters. The lowest BCUT2D eigenvalue weighted by atomic mass is 9.93. The van der Waals surface area contributed by atoms with Crippen LogP contribution in [0.25, 0.3) is 0 Å². The van der Waals surface area contributed by atoms with Gasteiger partial charge in [-0.1, -0.05) is 79.7 Å². The van der Waals surface area contributed by atoms with Gasteiger partial charge in [-0.25, -0.2) is 14.4 Å². The number of carboxylic acids is 9. The van der Waals surface area contributed by atoms with Crippen molar-refractivity contribution in [2.45, 2.75) is 146 Å². The van der Waals surface area contributed by atoms with Crippen molar-refractivity contribution < 1.29 is 147 Å². The first kappa shape index (κ1) is 93.8. The largest absolute Gasteiger partial charge is 0.481 e. The number of thiol groups is 2. The van der Waals surface area contributed by atoms with Crippen LogP contribution in [0.5, 0.6) is 0 Å². The van der Waals surface area contributed by atoms with Gasteiger partial charge in [-0.3, -0.25) is 86.3 Å². The molecule has 0 aliphatic rings. The maximum atomic E-state index is 12.8. The molecule has 0 fully saturated rings. The minimum atomic E-state index is -1.55. The van der Waals surface area contributed by atoms with Gasteiger partial charge in [-0.05, 0) is 39.8 Å². The van der Waals surface area contributed by atoms with E-state index in [-0.39, 0.29) is 50.3 Å². The summed E-state index contributed by atoms with van der Waals surface area (Å²) in [5.74, 6) is -25.5. The standard InChI is InChI=1S/C23H29N3O10.2C22H27N3O10S/c1-2-16(23(35)36)26-22(34)15(9-20(30)31)8-18(28)17(10-21(32)33)25-19(29)7-13-3-5-14(6-4-13)11-24-12-27;2*26-11-23-9-13-3-1-12(2-4-13)5-18(28)24-15(8-20(31)32)17(27)6-14(7-19(29)30)21(33)25-16(10-36)22(34)35/h3-6,12,15-17H,2,7-11H2,1H3,(H,24,27)(H,25,29)(H,26,34)(H,30,31)(H,32,33)(H,35,36);2*1-4,11,14-16,36H,5-10H2,(H,23,26)(H,24,28)(H,25,33)(H,29,30)(H,31,32)(H,34,35)/t15-,16-,17-;14-,15-,16+;14-,15-,16-/m110/s1. The molecule has 0 unspecified atom stereocenters. The molecule has 588 valence electrons. The number of hydrogen-bond acceptors (Lipinski definition) is 23. The van der Waals surface area contributed by atoms with Gasteiger partial charge in [0.2, 0.25) is 54.7 Å². The Morgan fingerprint density at radius 2 is 0.519 bits per heavy atom. The zero-order valence-corrected chi connectivity index (χ0v) is 59.4. The molecular formula is C67H83N9O30S2. The maximum absolute atomic E-state index is 12.8. The molecule has 3 aromatic rings. The second kappa shape index (κ2) is 50.3. The fourth-order valence-electron chi connectivity index (χ4n) is 9.49. The molecule has 18 N–H and O–H groups in total. The highest BCUT2D eigenvalue weighted by molar-refractivity contribution is 7.80. The molecule has 0 aliphatic heterocycles. The van der Waals surface area contributed by atoms with E-state index < -0.39 is 218 Å². The molecule has 0 saturated carbocycles. The molecule has 9 amide bonds. The van der Waals surface area contributed by atoms with E-state index in [1.807, 2.05) is 0 Å². The van der Waals surface area contributed by atoms with E-state index >= 15 is 0 Å². The first-order chi connectivity index (χ1) is 50.9. The number of aliphatic carboxylic acids is 9. The first-order valence-corrected chi connectivity index (χ1v) is 33.5.